The number of hydrogen-bond donors (Lipinski definition) is 3. The molecule has 144 valence electrons. The first-order chi connectivity index (χ1) is 12.8. The van der Waals surface area contributed by atoms with Crippen LogP contribution in [-0.4, -0.2) is 41.9 Å². The van der Waals surface area contributed by atoms with Crippen LogP contribution in [0.15, 0.2) is 35.5 Å². The van der Waals surface area contributed by atoms with Gasteiger partial charge in [0, 0.05) is 18.8 Å². The SMILES string of the molecule is Cn1cc(C(NS(=O)(=O)c2ccc3c(c2)NC(=O)CO3)C2CC(O)C2)cn1. The summed E-state index contributed by atoms with van der Waals surface area (Å²) in [5.41, 5.74) is 1.07. The smallest absolute Gasteiger partial charge is 0.262 e. The number of nitrogens with one attached hydrogen (secondary N) is 2. The summed E-state index contributed by atoms with van der Waals surface area (Å²) in [6, 6.07) is 3.85. The lowest BCUT2D eigenvalue weighted by Gasteiger charge is -2.37. The highest BCUT2D eigenvalue weighted by atomic mass is 32.2. The molecule has 2 heterocycles. The highest BCUT2D eigenvalue weighted by Crippen LogP contribution is 2.39. The summed E-state index contributed by atoms with van der Waals surface area (Å²) >= 11 is 0. The maximum atomic E-state index is 13.0. The fourth-order valence-electron chi connectivity index (χ4n) is 3.40. The molecule has 1 aromatic carbocycles. The number of carbonyl (C=O) groups is 1. The average Bonchev–Trinajstić information content (AvgIpc) is 3.03. The van der Waals surface area contributed by atoms with E-state index in [1.165, 1.54) is 18.2 Å². The minimum atomic E-state index is -3.86. The summed E-state index contributed by atoms with van der Waals surface area (Å²) in [7, 11) is -2.10. The number of anilines is 1. The van der Waals surface area contributed by atoms with E-state index in [0.717, 1.165) is 5.56 Å². The molecule has 1 aromatic heterocycles. The largest absolute Gasteiger partial charge is 0.482 e. The van der Waals surface area contributed by atoms with Gasteiger partial charge in [-0.2, -0.15) is 5.10 Å². The Morgan fingerprint density at radius 1 is 1.41 bits per heavy atom. The molecule has 0 saturated heterocycles. The molecule has 9 nitrogen and oxygen atoms in total. The van der Waals surface area contributed by atoms with Gasteiger partial charge in [-0.1, -0.05) is 0 Å². The van der Waals surface area contributed by atoms with Crippen LogP contribution in [0.25, 0.3) is 0 Å². The lowest BCUT2D eigenvalue weighted by atomic mass is 9.76. The molecular weight excluding hydrogens is 372 g/mol. The lowest BCUT2D eigenvalue weighted by Crippen LogP contribution is -2.41. The number of aliphatic hydroxyl groups is 1. The van der Waals surface area contributed by atoms with Crippen LogP contribution in [0, 0.1) is 5.92 Å². The van der Waals surface area contributed by atoms with Gasteiger partial charge in [-0.05, 0) is 37.0 Å². The number of sulfonamides is 1. The molecule has 1 atom stereocenters. The monoisotopic (exact) mass is 392 g/mol. The minimum absolute atomic E-state index is 0.0142. The van der Waals surface area contributed by atoms with Crippen molar-refractivity contribution in [2.75, 3.05) is 11.9 Å². The fraction of sp³-hybridized carbons (Fsp3) is 0.412. The second-order valence-corrected chi connectivity index (χ2v) is 8.64. The number of ether oxygens (including phenoxy) is 1. The van der Waals surface area contributed by atoms with Crippen molar-refractivity contribution in [3.8, 4) is 5.75 Å². The van der Waals surface area contributed by atoms with Gasteiger partial charge in [0.2, 0.25) is 10.0 Å². The van der Waals surface area contributed by atoms with E-state index in [1.807, 2.05) is 0 Å². The van der Waals surface area contributed by atoms with E-state index in [4.69, 9.17) is 4.74 Å². The number of rotatable bonds is 5. The number of aryl methyl sites for hydroxylation is 1. The lowest BCUT2D eigenvalue weighted by molar-refractivity contribution is -0.118. The molecule has 2 aliphatic rings. The summed E-state index contributed by atoms with van der Waals surface area (Å²) in [5, 5.41) is 16.4. The number of aromatic nitrogens is 2. The third kappa shape index (κ3) is 3.55. The Balaban J connectivity index is 1.62. The van der Waals surface area contributed by atoms with Crippen molar-refractivity contribution >= 4 is 21.6 Å². The zero-order valence-corrected chi connectivity index (χ0v) is 15.4. The third-order valence-electron chi connectivity index (χ3n) is 4.88. The molecule has 0 radical (unpaired) electrons. The summed E-state index contributed by atoms with van der Waals surface area (Å²) in [5.74, 6) is 0.0841. The maximum absolute atomic E-state index is 13.0. The Morgan fingerprint density at radius 2 is 2.19 bits per heavy atom. The highest BCUT2D eigenvalue weighted by Gasteiger charge is 2.38. The van der Waals surface area contributed by atoms with Gasteiger partial charge in [-0.15, -0.1) is 0 Å². The maximum Gasteiger partial charge on any atom is 0.262 e. The van der Waals surface area contributed by atoms with Gasteiger partial charge in [-0.25, -0.2) is 13.1 Å². The van der Waals surface area contributed by atoms with Crippen molar-refractivity contribution in [1.82, 2.24) is 14.5 Å². The number of carbonyl (C=O) groups excluding carboxylic acids is 1. The van der Waals surface area contributed by atoms with Crippen LogP contribution in [0.1, 0.15) is 24.4 Å². The van der Waals surface area contributed by atoms with Crippen molar-refractivity contribution in [3.05, 3.63) is 36.2 Å². The van der Waals surface area contributed by atoms with Gasteiger partial charge in [0.05, 0.1) is 28.9 Å². The standard InChI is InChI=1S/C17H20N4O5S/c1-21-8-11(7-18-21)17(10-4-12(22)5-10)20-27(24,25)13-2-3-15-14(6-13)19-16(23)9-26-15/h2-3,6-8,10,12,17,20,22H,4-5,9H2,1H3,(H,19,23). The molecule has 1 amide bonds. The molecule has 3 N–H and O–H groups in total. The van der Waals surface area contributed by atoms with Crippen LogP contribution >= 0.6 is 0 Å². The van der Waals surface area contributed by atoms with Crippen molar-refractivity contribution in [2.24, 2.45) is 13.0 Å². The Labute approximate surface area is 156 Å². The Morgan fingerprint density at radius 3 is 2.85 bits per heavy atom. The van der Waals surface area contributed by atoms with Crippen LogP contribution in [0.5, 0.6) is 5.75 Å². The van der Waals surface area contributed by atoms with Gasteiger partial charge in [0.15, 0.2) is 6.61 Å². The van der Waals surface area contributed by atoms with Crippen molar-refractivity contribution in [2.45, 2.75) is 29.9 Å². The van der Waals surface area contributed by atoms with Gasteiger partial charge >= 0.3 is 0 Å². The molecular formula is C17H20N4O5S. The second-order valence-electron chi connectivity index (χ2n) is 6.93. The molecule has 1 fully saturated rings. The van der Waals surface area contributed by atoms with E-state index >= 15 is 0 Å². The number of fused-ring (bicyclic) bond motifs is 1. The first kappa shape index (κ1) is 18.0. The van der Waals surface area contributed by atoms with Gasteiger partial charge in [0.1, 0.15) is 5.75 Å². The molecule has 0 bridgehead atoms. The Hall–Kier alpha value is -2.43. The van der Waals surface area contributed by atoms with Crippen molar-refractivity contribution < 1.29 is 23.1 Å². The Bertz CT molecular complexity index is 981. The summed E-state index contributed by atoms with van der Waals surface area (Å²) in [6.45, 7) is -0.0928. The first-order valence-corrected chi connectivity index (χ1v) is 10.1. The highest BCUT2D eigenvalue weighted by molar-refractivity contribution is 7.89. The molecule has 1 saturated carbocycles. The van der Waals surface area contributed by atoms with E-state index in [0.29, 0.717) is 24.3 Å². The molecule has 10 heteroatoms. The predicted octanol–water partition coefficient (Wildman–Crippen LogP) is 0.541. The third-order valence-corrected chi connectivity index (χ3v) is 6.32. The number of aliphatic hydroxyl groups excluding tert-OH is 1. The molecule has 1 aliphatic heterocycles. The predicted molar refractivity (Wildman–Crippen MR) is 95.6 cm³/mol. The van der Waals surface area contributed by atoms with E-state index in [-0.39, 0.29) is 23.3 Å². The van der Waals surface area contributed by atoms with Crippen LogP contribution < -0.4 is 14.8 Å². The summed E-state index contributed by atoms with van der Waals surface area (Å²) < 4.78 is 35.5. The molecule has 0 spiro atoms. The van der Waals surface area contributed by atoms with Crippen LogP contribution in [-0.2, 0) is 21.9 Å². The zero-order valence-electron chi connectivity index (χ0n) is 14.6. The molecule has 2 aromatic rings. The van der Waals surface area contributed by atoms with Crippen molar-refractivity contribution in [3.63, 3.8) is 0 Å². The summed E-state index contributed by atoms with van der Waals surface area (Å²) in [4.78, 5) is 11.5. The fourth-order valence-corrected chi connectivity index (χ4v) is 4.72. The van der Waals surface area contributed by atoms with Crippen LogP contribution in [0.4, 0.5) is 5.69 Å². The van der Waals surface area contributed by atoms with E-state index < -0.39 is 22.2 Å². The van der Waals surface area contributed by atoms with Gasteiger partial charge < -0.3 is 15.2 Å². The average molecular weight is 392 g/mol. The van der Waals surface area contributed by atoms with Gasteiger partial charge in [0.25, 0.3) is 5.91 Å². The number of amides is 1. The molecule has 1 unspecified atom stereocenters. The Kier molecular flexibility index (Phi) is 4.41. The number of nitrogens with zero attached hydrogens (tertiary/aromatic N) is 2. The normalized spacial score (nSPS) is 23.0. The number of hydrogen-bond acceptors (Lipinski definition) is 6. The number of benzene rings is 1. The quantitative estimate of drug-likeness (QED) is 0.683. The molecule has 1 aliphatic carbocycles. The molecule has 27 heavy (non-hydrogen) atoms. The van der Waals surface area contributed by atoms with Crippen LogP contribution in [0.2, 0.25) is 0 Å². The molecule has 4 rings (SSSR count). The zero-order chi connectivity index (χ0) is 19.2. The second kappa shape index (κ2) is 6.63. The minimum Gasteiger partial charge on any atom is -0.482 e. The van der Waals surface area contributed by atoms with Crippen molar-refractivity contribution in [1.29, 1.82) is 0 Å². The van der Waals surface area contributed by atoms with E-state index in [9.17, 15) is 18.3 Å². The summed E-state index contributed by atoms with van der Waals surface area (Å²) in [6.07, 6.45) is 4.03. The van der Waals surface area contributed by atoms with E-state index in [2.05, 4.69) is 15.1 Å². The van der Waals surface area contributed by atoms with Gasteiger partial charge in [-0.3, -0.25) is 9.48 Å². The first-order valence-electron chi connectivity index (χ1n) is 8.57. The van der Waals surface area contributed by atoms with Crippen LogP contribution in [0.3, 0.4) is 0 Å². The topological polar surface area (TPSA) is 123 Å². The van der Waals surface area contributed by atoms with E-state index in [1.54, 1.807) is 24.1 Å².